The summed E-state index contributed by atoms with van der Waals surface area (Å²) in [6.45, 7) is 0. The first-order valence-electron chi connectivity index (χ1n) is 6.48. The smallest absolute Gasteiger partial charge is 0.259 e. The number of carbonyl (C=O) groups excluding carboxylic acids is 1. The van der Waals surface area contributed by atoms with E-state index in [-0.39, 0.29) is 11.9 Å². The number of amides is 1. The van der Waals surface area contributed by atoms with Crippen molar-refractivity contribution in [2.24, 2.45) is 10.7 Å². The molecule has 108 valence electrons. The lowest BCUT2D eigenvalue weighted by molar-refractivity contribution is -0.124. The van der Waals surface area contributed by atoms with E-state index in [1.807, 2.05) is 18.2 Å². The van der Waals surface area contributed by atoms with Gasteiger partial charge in [-0.15, -0.1) is 0 Å². The largest absolute Gasteiger partial charge is 0.497 e. The fourth-order valence-electron chi connectivity index (χ4n) is 2.47. The maximum atomic E-state index is 12.4. The summed E-state index contributed by atoms with van der Waals surface area (Å²) in [5.74, 6) is 1.14. The van der Waals surface area contributed by atoms with Crippen LogP contribution in [0.3, 0.4) is 0 Å². The first-order valence-corrected chi connectivity index (χ1v) is 6.48. The fraction of sp³-hybridized carbons (Fsp3) is 0.200. The number of rotatable bonds is 4. The number of hydrogen-bond acceptors (Lipinski definition) is 5. The van der Waals surface area contributed by atoms with Crippen LogP contribution in [0.5, 0.6) is 5.75 Å². The van der Waals surface area contributed by atoms with Crippen molar-refractivity contribution in [3.63, 3.8) is 0 Å². The van der Waals surface area contributed by atoms with Gasteiger partial charge in [0.15, 0.2) is 11.5 Å². The van der Waals surface area contributed by atoms with E-state index < -0.39 is 5.54 Å². The second kappa shape index (κ2) is 4.97. The molecule has 1 aromatic heterocycles. The molecule has 1 aliphatic rings. The van der Waals surface area contributed by atoms with E-state index in [2.05, 4.69) is 10.3 Å². The molecule has 0 bridgehead atoms. The van der Waals surface area contributed by atoms with Crippen LogP contribution < -0.4 is 15.8 Å². The molecule has 21 heavy (non-hydrogen) atoms. The van der Waals surface area contributed by atoms with Gasteiger partial charge < -0.3 is 14.9 Å². The van der Waals surface area contributed by atoms with Gasteiger partial charge in [0.1, 0.15) is 11.5 Å². The molecule has 6 heteroatoms. The van der Waals surface area contributed by atoms with Crippen LogP contribution in [-0.4, -0.2) is 19.0 Å². The van der Waals surface area contributed by atoms with E-state index in [1.54, 1.807) is 31.6 Å². The van der Waals surface area contributed by atoms with Crippen molar-refractivity contribution in [1.29, 1.82) is 0 Å². The van der Waals surface area contributed by atoms with Crippen molar-refractivity contribution in [3.05, 3.63) is 54.0 Å². The average Bonchev–Trinajstić information content (AvgIpc) is 3.08. The molecule has 0 saturated carbocycles. The van der Waals surface area contributed by atoms with Crippen molar-refractivity contribution >= 4 is 11.9 Å². The Morgan fingerprint density at radius 3 is 2.86 bits per heavy atom. The van der Waals surface area contributed by atoms with E-state index in [0.29, 0.717) is 23.5 Å². The number of ether oxygens (including phenoxy) is 1. The van der Waals surface area contributed by atoms with Crippen LogP contribution in [0.25, 0.3) is 0 Å². The summed E-state index contributed by atoms with van der Waals surface area (Å²) in [6, 6.07) is 10.8. The highest BCUT2D eigenvalue weighted by Crippen LogP contribution is 2.35. The topological polar surface area (TPSA) is 89.8 Å². The first kappa shape index (κ1) is 13.2. The number of benzene rings is 1. The number of nitrogens with two attached hydrogens (primary N) is 1. The van der Waals surface area contributed by atoms with Gasteiger partial charge in [0, 0.05) is 6.42 Å². The molecule has 1 aliphatic heterocycles. The molecule has 1 atom stereocenters. The van der Waals surface area contributed by atoms with Crippen molar-refractivity contribution in [3.8, 4) is 5.75 Å². The Morgan fingerprint density at radius 1 is 1.38 bits per heavy atom. The Hall–Kier alpha value is -2.76. The number of hydrogen-bond donors (Lipinski definition) is 2. The van der Waals surface area contributed by atoms with Crippen LogP contribution in [0, 0.1) is 0 Å². The summed E-state index contributed by atoms with van der Waals surface area (Å²) in [4.78, 5) is 16.8. The van der Waals surface area contributed by atoms with Gasteiger partial charge in [-0.2, -0.15) is 0 Å². The number of nitrogens with one attached hydrogen (secondary N) is 1. The third-order valence-electron chi connectivity index (χ3n) is 3.49. The Morgan fingerprint density at radius 2 is 2.24 bits per heavy atom. The molecule has 2 aromatic rings. The molecule has 0 fully saturated rings. The fourth-order valence-corrected chi connectivity index (χ4v) is 2.47. The van der Waals surface area contributed by atoms with Gasteiger partial charge >= 0.3 is 0 Å². The van der Waals surface area contributed by atoms with Gasteiger partial charge in [-0.05, 0) is 29.8 Å². The minimum atomic E-state index is -1.13. The normalized spacial score (nSPS) is 21.0. The van der Waals surface area contributed by atoms with Gasteiger partial charge in [-0.25, -0.2) is 4.99 Å². The highest BCUT2D eigenvalue weighted by Gasteiger charge is 2.45. The van der Waals surface area contributed by atoms with Crippen molar-refractivity contribution in [1.82, 2.24) is 5.32 Å². The minimum absolute atomic E-state index is 0.106. The molecule has 0 radical (unpaired) electrons. The standard InChI is InChI=1S/C15H15N3O3/c1-20-11-5-2-4-10(8-11)15(9-12-6-3-7-21-12)13(19)17-14(16)18-15/h2-8H,9H2,1H3,(H3,16,17,18,19)/t15-/m0/s1. The quantitative estimate of drug-likeness (QED) is 0.882. The Balaban J connectivity index is 2.10. The van der Waals surface area contributed by atoms with Crippen LogP contribution in [0.1, 0.15) is 11.3 Å². The minimum Gasteiger partial charge on any atom is -0.497 e. The lowest BCUT2D eigenvalue weighted by Gasteiger charge is -2.23. The van der Waals surface area contributed by atoms with Crippen LogP contribution in [-0.2, 0) is 16.8 Å². The Bertz CT molecular complexity index is 694. The number of aliphatic imine (C=N–C) groups is 1. The molecule has 1 amide bonds. The van der Waals surface area contributed by atoms with Crippen LogP contribution in [0.4, 0.5) is 0 Å². The van der Waals surface area contributed by atoms with Gasteiger partial charge in [0.05, 0.1) is 13.4 Å². The number of carbonyl (C=O) groups is 1. The average molecular weight is 285 g/mol. The zero-order valence-electron chi connectivity index (χ0n) is 11.5. The number of methoxy groups -OCH3 is 1. The van der Waals surface area contributed by atoms with E-state index >= 15 is 0 Å². The third-order valence-corrected chi connectivity index (χ3v) is 3.49. The molecule has 6 nitrogen and oxygen atoms in total. The predicted molar refractivity (Wildman–Crippen MR) is 76.8 cm³/mol. The number of furan rings is 1. The molecule has 3 N–H and O–H groups in total. The van der Waals surface area contributed by atoms with Gasteiger partial charge in [0.25, 0.3) is 5.91 Å². The van der Waals surface area contributed by atoms with Gasteiger partial charge in [0.2, 0.25) is 0 Å². The molecule has 0 unspecified atom stereocenters. The van der Waals surface area contributed by atoms with Crippen molar-refractivity contribution < 1.29 is 13.9 Å². The van der Waals surface area contributed by atoms with E-state index in [4.69, 9.17) is 14.9 Å². The van der Waals surface area contributed by atoms with Crippen molar-refractivity contribution in [2.45, 2.75) is 12.0 Å². The highest BCUT2D eigenvalue weighted by molar-refractivity contribution is 6.07. The predicted octanol–water partition coefficient (Wildman–Crippen LogP) is 1.17. The van der Waals surface area contributed by atoms with Crippen LogP contribution >= 0.6 is 0 Å². The zero-order valence-corrected chi connectivity index (χ0v) is 11.5. The maximum absolute atomic E-state index is 12.4. The van der Waals surface area contributed by atoms with Gasteiger partial charge in [-0.3, -0.25) is 10.1 Å². The summed E-state index contributed by atoms with van der Waals surface area (Å²) in [5.41, 5.74) is 5.27. The molecule has 1 aromatic carbocycles. The summed E-state index contributed by atoms with van der Waals surface area (Å²) in [6.07, 6.45) is 1.86. The highest BCUT2D eigenvalue weighted by atomic mass is 16.5. The number of nitrogens with zero attached hydrogens (tertiary/aromatic N) is 1. The SMILES string of the molecule is COc1cccc([C@]2(Cc3ccco3)N=C(N)NC2=O)c1. The molecule has 0 aliphatic carbocycles. The Kier molecular flexibility index (Phi) is 3.13. The summed E-state index contributed by atoms with van der Waals surface area (Å²) in [5, 5.41) is 2.56. The lowest BCUT2D eigenvalue weighted by Crippen LogP contribution is -2.40. The first-order chi connectivity index (χ1) is 10.1. The molecule has 2 heterocycles. The van der Waals surface area contributed by atoms with E-state index in [1.165, 1.54) is 0 Å². The summed E-state index contributed by atoms with van der Waals surface area (Å²) in [7, 11) is 1.57. The second-order valence-electron chi connectivity index (χ2n) is 4.80. The third kappa shape index (κ3) is 2.24. The molecule has 0 spiro atoms. The Labute approximate surface area is 121 Å². The molecular formula is C15H15N3O3. The maximum Gasteiger partial charge on any atom is 0.259 e. The molecule has 3 rings (SSSR count). The van der Waals surface area contributed by atoms with Crippen LogP contribution in [0.2, 0.25) is 0 Å². The monoisotopic (exact) mass is 285 g/mol. The van der Waals surface area contributed by atoms with Crippen molar-refractivity contribution in [2.75, 3.05) is 7.11 Å². The van der Waals surface area contributed by atoms with E-state index in [9.17, 15) is 4.79 Å². The van der Waals surface area contributed by atoms with Gasteiger partial charge in [-0.1, -0.05) is 12.1 Å². The summed E-state index contributed by atoms with van der Waals surface area (Å²) < 4.78 is 10.6. The molecule has 0 saturated heterocycles. The zero-order chi connectivity index (χ0) is 14.9. The van der Waals surface area contributed by atoms with Crippen LogP contribution in [0.15, 0.2) is 52.1 Å². The number of guanidine groups is 1. The van der Waals surface area contributed by atoms with E-state index in [0.717, 1.165) is 0 Å². The molecular weight excluding hydrogens is 270 g/mol. The lowest BCUT2D eigenvalue weighted by atomic mass is 9.86. The second-order valence-corrected chi connectivity index (χ2v) is 4.80. The summed E-state index contributed by atoms with van der Waals surface area (Å²) >= 11 is 0.